The first-order chi connectivity index (χ1) is 9.61. The maximum atomic E-state index is 13.9. The lowest BCUT2D eigenvalue weighted by atomic mass is 10.1. The second-order valence-electron chi connectivity index (χ2n) is 4.40. The molecule has 1 aromatic carbocycles. The van der Waals surface area contributed by atoms with Gasteiger partial charge in [-0.2, -0.15) is 0 Å². The van der Waals surface area contributed by atoms with Crippen molar-refractivity contribution in [1.29, 1.82) is 0 Å². The highest BCUT2D eigenvalue weighted by Gasteiger charge is 2.12. The summed E-state index contributed by atoms with van der Waals surface area (Å²) in [6.45, 7) is 1.97. The lowest BCUT2D eigenvalue weighted by Crippen LogP contribution is -2.15. The van der Waals surface area contributed by atoms with E-state index in [4.69, 9.17) is 5.73 Å². The summed E-state index contributed by atoms with van der Waals surface area (Å²) in [7, 11) is 0. The monoisotopic (exact) mass is 276 g/mol. The van der Waals surface area contributed by atoms with E-state index in [0.29, 0.717) is 23.4 Å². The number of hydrogen-bond donors (Lipinski definition) is 3. The molecule has 0 aliphatic heterocycles. The molecular weight excluding hydrogens is 259 g/mol. The standard InChI is InChI=1S/C14H17FN4O/c1-2-11-13(15)14(19-8-18-11)17-7-12(20)9-3-5-10(16)6-4-9/h3-6,8,12,20H,2,7,16H2,1H3,(H,17,18,19). The molecule has 0 bridgehead atoms. The summed E-state index contributed by atoms with van der Waals surface area (Å²) in [4.78, 5) is 7.69. The van der Waals surface area contributed by atoms with Crippen molar-refractivity contribution in [2.24, 2.45) is 0 Å². The predicted octanol–water partition coefficient (Wildman–Crippen LogP) is 1.91. The van der Waals surface area contributed by atoms with Gasteiger partial charge in [0.25, 0.3) is 0 Å². The number of aliphatic hydroxyl groups excluding tert-OH is 1. The van der Waals surface area contributed by atoms with Crippen LogP contribution >= 0.6 is 0 Å². The predicted molar refractivity (Wildman–Crippen MR) is 75.7 cm³/mol. The minimum atomic E-state index is -0.768. The minimum absolute atomic E-state index is 0.103. The van der Waals surface area contributed by atoms with Crippen molar-refractivity contribution < 1.29 is 9.50 Å². The largest absolute Gasteiger partial charge is 0.399 e. The van der Waals surface area contributed by atoms with E-state index in [1.54, 1.807) is 24.3 Å². The number of rotatable bonds is 5. The van der Waals surface area contributed by atoms with E-state index >= 15 is 0 Å². The average Bonchev–Trinajstić information content (AvgIpc) is 2.46. The van der Waals surface area contributed by atoms with E-state index in [0.717, 1.165) is 0 Å². The molecule has 2 aromatic rings. The Morgan fingerprint density at radius 1 is 1.30 bits per heavy atom. The van der Waals surface area contributed by atoms with E-state index in [2.05, 4.69) is 15.3 Å². The third-order valence-corrected chi connectivity index (χ3v) is 2.98. The highest BCUT2D eigenvalue weighted by molar-refractivity contribution is 5.41. The number of hydrogen-bond acceptors (Lipinski definition) is 5. The molecule has 0 aliphatic carbocycles. The molecule has 1 atom stereocenters. The molecule has 0 fully saturated rings. The van der Waals surface area contributed by atoms with Crippen molar-refractivity contribution in [3.05, 3.63) is 47.7 Å². The summed E-state index contributed by atoms with van der Waals surface area (Å²) >= 11 is 0. The van der Waals surface area contributed by atoms with Crippen molar-refractivity contribution in [3.63, 3.8) is 0 Å². The molecule has 0 amide bonds. The van der Waals surface area contributed by atoms with E-state index in [1.807, 2.05) is 6.92 Å². The topological polar surface area (TPSA) is 84.1 Å². The van der Waals surface area contributed by atoms with Crippen molar-refractivity contribution in [3.8, 4) is 0 Å². The normalized spacial score (nSPS) is 12.2. The van der Waals surface area contributed by atoms with Crippen LogP contribution in [0, 0.1) is 5.82 Å². The SMILES string of the molecule is CCc1ncnc(NCC(O)c2ccc(N)cc2)c1F. The third kappa shape index (κ3) is 3.21. The molecule has 1 heterocycles. The van der Waals surface area contributed by atoms with Gasteiger partial charge in [0.05, 0.1) is 11.8 Å². The number of aliphatic hydroxyl groups is 1. The molecule has 2 rings (SSSR count). The number of aryl methyl sites for hydroxylation is 1. The van der Waals surface area contributed by atoms with Crippen LogP contribution in [0.25, 0.3) is 0 Å². The number of nitrogens with two attached hydrogens (primary N) is 1. The minimum Gasteiger partial charge on any atom is -0.399 e. The number of nitrogens with one attached hydrogen (secondary N) is 1. The zero-order chi connectivity index (χ0) is 14.5. The molecular formula is C14H17FN4O. The lowest BCUT2D eigenvalue weighted by molar-refractivity contribution is 0.191. The summed E-state index contributed by atoms with van der Waals surface area (Å²) in [5.41, 5.74) is 7.26. The fourth-order valence-electron chi connectivity index (χ4n) is 1.81. The number of benzene rings is 1. The van der Waals surface area contributed by atoms with Gasteiger partial charge < -0.3 is 16.2 Å². The number of nitrogens with zero attached hydrogens (tertiary/aromatic N) is 2. The molecule has 1 aromatic heterocycles. The molecule has 6 heteroatoms. The Labute approximate surface area is 116 Å². The van der Waals surface area contributed by atoms with Gasteiger partial charge in [-0.1, -0.05) is 19.1 Å². The fraction of sp³-hybridized carbons (Fsp3) is 0.286. The first-order valence-corrected chi connectivity index (χ1v) is 6.38. The van der Waals surface area contributed by atoms with Gasteiger partial charge >= 0.3 is 0 Å². The first kappa shape index (κ1) is 14.2. The van der Waals surface area contributed by atoms with Crippen LogP contribution in [0.2, 0.25) is 0 Å². The smallest absolute Gasteiger partial charge is 0.186 e. The van der Waals surface area contributed by atoms with Crippen molar-refractivity contribution >= 4 is 11.5 Å². The van der Waals surface area contributed by atoms with E-state index in [1.165, 1.54) is 6.33 Å². The van der Waals surface area contributed by atoms with Gasteiger partial charge in [-0.3, -0.25) is 0 Å². The van der Waals surface area contributed by atoms with Crippen LogP contribution in [0.1, 0.15) is 24.3 Å². The maximum absolute atomic E-state index is 13.9. The fourth-order valence-corrected chi connectivity index (χ4v) is 1.81. The molecule has 1 unspecified atom stereocenters. The van der Waals surface area contributed by atoms with Gasteiger partial charge in [-0.25, -0.2) is 14.4 Å². The molecule has 5 nitrogen and oxygen atoms in total. The number of nitrogen functional groups attached to an aromatic ring is 1. The first-order valence-electron chi connectivity index (χ1n) is 6.38. The summed E-state index contributed by atoms with van der Waals surface area (Å²) in [6.07, 6.45) is 1.03. The highest BCUT2D eigenvalue weighted by atomic mass is 19.1. The van der Waals surface area contributed by atoms with Gasteiger partial charge in [0, 0.05) is 12.2 Å². The molecule has 0 radical (unpaired) electrons. The van der Waals surface area contributed by atoms with Crippen molar-refractivity contribution in [1.82, 2.24) is 9.97 Å². The van der Waals surface area contributed by atoms with Crippen LogP contribution in [-0.4, -0.2) is 21.6 Å². The lowest BCUT2D eigenvalue weighted by Gasteiger charge is -2.13. The van der Waals surface area contributed by atoms with E-state index in [9.17, 15) is 9.50 Å². The Morgan fingerprint density at radius 3 is 2.65 bits per heavy atom. The Kier molecular flexibility index (Phi) is 4.47. The maximum Gasteiger partial charge on any atom is 0.186 e. The van der Waals surface area contributed by atoms with Crippen LogP contribution in [-0.2, 0) is 6.42 Å². The van der Waals surface area contributed by atoms with Crippen molar-refractivity contribution in [2.75, 3.05) is 17.6 Å². The molecule has 0 spiro atoms. The van der Waals surface area contributed by atoms with Gasteiger partial charge in [-0.05, 0) is 24.1 Å². The Balaban J connectivity index is 2.03. The van der Waals surface area contributed by atoms with Crippen LogP contribution in [0.3, 0.4) is 0 Å². The molecule has 20 heavy (non-hydrogen) atoms. The average molecular weight is 276 g/mol. The van der Waals surface area contributed by atoms with Crippen LogP contribution < -0.4 is 11.1 Å². The number of anilines is 2. The number of aromatic nitrogens is 2. The second kappa shape index (κ2) is 6.29. The van der Waals surface area contributed by atoms with Gasteiger partial charge in [-0.15, -0.1) is 0 Å². The molecule has 0 saturated carbocycles. The van der Waals surface area contributed by atoms with E-state index < -0.39 is 11.9 Å². The quantitative estimate of drug-likeness (QED) is 0.726. The summed E-state index contributed by atoms with van der Waals surface area (Å²) < 4.78 is 13.9. The zero-order valence-electron chi connectivity index (χ0n) is 11.2. The van der Waals surface area contributed by atoms with Gasteiger partial charge in [0.2, 0.25) is 0 Å². The van der Waals surface area contributed by atoms with E-state index in [-0.39, 0.29) is 12.4 Å². The van der Waals surface area contributed by atoms with Crippen LogP contribution in [0.15, 0.2) is 30.6 Å². The van der Waals surface area contributed by atoms with Crippen molar-refractivity contribution in [2.45, 2.75) is 19.4 Å². The second-order valence-corrected chi connectivity index (χ2v) is 4.40. The van der Waals surface area contributed by atoms with Gasteiger partial charge in [0.15, 0.2) is 11.6 Å². The summed E-state index contributed by atoms with van der Waals surface area (Å²) in [5, 5.41) is 12.8. The van der Waals surface area contributed by atoms with Gasteiger partial charge in [0.1, 0.15) is 6.33 Å². The number of halogens is 1. The van der Waals surface area contributed by atoms with Crippen LogP contribution in [0.5, 0.6) is 0 Å². The third-order valence-electron chi connectivity index (χ3n) is 2.98. The van der Waals surface area contributed by atoms with Crippen LogP contribution in [0.4, 0.5) is 15.9 Å². The Morgan fingerprint density at radius 2 is 2.00 bits per heavy atom. The highest BCUT2D eigenvalue weighted by Crippen LogP contribution is 2.17. The summed E-state index contributed by atoms with van der Waals surface area (Å²) in [6, 6.07) is 6.88. The summed E-state index contributed by atoms with van der Waals surface area (Å²) in [5.74, 6) is -0.370. The molecule has 4 N–H and O–H groups in total. The molecule has 106 valence electrons. The zero-order valence-corrected chi connectivity index (χ0v) is 11.2. The molecule has 0 aliphatic rings. The molecule has 0 saturated heterocycles. The Bertz CT molecular complexity index is 574. The Hall–Kier alpha value is -2.21.